The molecule has 1 aliphatic heterocycles. The van der Waals surface area contributed by atoms with Crippen molar-refractivity contribution >= 4 is 17.7 Å². The number of pyridine rings is 1. The number of rotatable bonds is 6. The molecule has 0 N–H and O–H groups in total. The van der Waals surface area contributed by atoms with Gasteiger partial charge in [0.05, 0.1) is 11.1 Å². The van der Waals surface area contributed by atoms with Gasteiger partial charge in [-0.05, 0) is 41.8 Å². The van der Waals surface area contributed by atoms with Crippen LogP contribution >= 0.6 is 0 Å². The maximum atomic E-state index is 13.2. The molecule has 3 aromatic rings. The van der Waals surface area contributed by atoms with Crippen LogP contribution in [0.25, 0.3) is 0 Å². The Balaban J connectivity index is 1.57. The number of carbonyl (C=O) groups excluding carboxylic acids is 3. The molecule has 0 aliphatic carbocycles. The summed E-state index contributed by atoms with van der Waals surface area (Å²) < 4.78 is 0. The Morgan fingerprint density at radius 2 is 1.57 bits per heavy atom. The van der Waals surface area contributed by atoms with Crippen LogP contribution in [0.4, 0.5) is 0 Å². The first-order valence-corrected chi connectivity index (χ1v) is 9.71. The SMILES string of the molecule is Cc1ccccc1CN(Cc1cccnc1)C(=O)CN1C(=O)c2ccccc2C1=O. The molecule has 0 fully saturated rings. The number of aromatic nitrogens is 1. The van der Waals surface area contributed by atoms with E-state index in [1.54, 1.807) is 41.6 Å². The van der Waals surface area contributed by atoms with Crippen molar-refractivity contribution in [3.05, 3.63) is 101 Å². The van der Waals surface area contributed by atoms with Crippen molar-refractivity contribution in [1.29, 1.82) is 0 Å². The Hall–Kier alpha value is -3.80. The van der Waals surface area contributed by atoms with Crippen molar-refractivity contribution in [3.63, 3.8) is 0 Å². The second kappa shape index (κ2) is 8.29. The fourth-order valence-corrected chi connectivity index (χ4v) is 3.56. The maximum absolute atomic E-state index is 13.2. The summed E-state index contributed by atoms with van der Waals surface area (Å²) in [6.07, 6.45) is 3.38. The third-order valence-corrected chi connectivity index (χ3v) is 5.24. The molecule has 4 rings (SSSR count). The van der Waals surface area contributed by atoms with Crippen molar-refractivity contribution in [2.75, 3.05) is 6.54 Å². The highest BCUT2D eigenvalue weighted by molar-refractivity contribution is 6.22. The average Bonchev–Trinajstić information content (AvgIpc) is 3.00. The molecule has 0 unspecified atom stereocenters. The van der Waals surface area contributed by atoms with E-state index in [-0.39, 0.29) is 12.5 Å². The van der Waals surface area contributed by atoms with Gasteiger partial charge in [-0.15, -0.1) is 0 Å². The lowest BCUT2D eigenvalue weighted by atomic mass is 10.1. The Morgan fingerprint density at radius 3 is 2.20 bits per heavy atom. The van der Waals surface area contributed by atoms with Gasteiger partial charge in [-0.25, -0.2) is 0 Å². The van der Waals surface area contributed by atoms with E-state index in [2.05, 4.69) is 4.98 Å². The van der Waals surface area contributed by atoms with Gasteiger partial charge in [-0.1, -0.05) is 42.5 Å². The molecule has 0 bridgehead atoms. The van der Waals surface area contributed by atoms with E-state index in [1.807, 2.05) is 43.3 Å². The third kappa shape index (κ3) is 3.85. The highest BCUT2D eigenvalue weighted by Gasteiger charge is 2.37. The molecule has 0 saturated carbocycles. The standard InChI is InChI=1S/C24H21N3O3/c1-17-7-2-3-9-19(17)15-26(14-18-8-6-12-25-13-18)22(28)16-27-23(29)20-10-4-5-11-21(20)24(27)30/h2-13H,14-16H2,1H3. The van der Waals surface area contributed by atoms with Crippen molar-refractivity contribution < 1.29 is 14.4 Å². The zero-order chi connectivity index (χ0) is 21.1. The lowest BCUT2D eigenvalue weighted by Crippen LogP contribution is -2.42. The number of benzene rings is 2. The monoisotopic (exact) mass is 399 g/mol. The molecule has 1 aromatic heterocycles. The van der Waals surface area contributed by atoms with Crippen LogP contribution in [0.5, 0.6) is 0 Å². The quantitative estimate of drug-likeness (QED) is 0.597. The first kappa shape index (κ1) is 19.5. The van der Waals surface area contributed by atoms with Gasteiger partial charge in [-0.3, -0.25) is 24.3 Å². The maximum Gasteiger partial charge on any atom is 0.262 e. The van der Waals surface area contributed by atoms with Gasteiger partial charge in [0.25, 0.3) is 11.8 Å². The number of carbonyl (C=O) groups is 3. The minimum Gasteiger partial charge on any atom is -0.332 e. The predicted molar refractivity (Wildman–Crippen MR) is 111 cm³/mol. The number of fused-ring (bicyclic) bond motifs is 1. The number of hydrogen-bond donors (Lipinski definition) is 0. The average molecular weight is 399 g/mol. The highest BCUT2D eigenvalue weighted by atomic mass is 16.2. The van der Waals surface area contributed by atoms with E-state index in [0.29, 0.717) is 24.2 Å². The van der Waals surface area contributed by atoms with Gasteiger partial charge in [0.15, 0.2) is 0 Å². The molecule has 150 valence electrons. The second-order valence-corrected chi connectivity index (χ2v) is 7.28. The molecular formula is C24H21N3O3. The lowest BCUT2D eigenvalue weighted by molar-refractivity contribution is -0.132. The summed E-state index contributed by atoms with van der Waals surface area (Å²) in [5.74, 6) is -1.15. The van der Waals surface area contributed by atoms with Crippen molar-refractivity contribution in [2.24, 2.45) is 0 Å². The van der Waals surface area contributed by atoms with E-state index in [0.717, 1.165) is 21.6 Å². The van der Waals surface area contributed by atoms with Crippen LogP contribution in [0.15, 0.2) is 73.1 Å². The molecule has 0 saturated heterocycles. The van der Waals surface area contributed by atoms with Gasteiger partial charge >= 0.3 is 0 Å². The Labute approximate surface area is 174 Å². The number of hydrogen-bond acceptors (Lipinski definition) is 4. The smallest absolute Gasteiger partial charge is 0.262 e. The summed E-state index contributed by atoms with van der Waals surface area (Å²) in [5, 5.41) is 0. The minimum atomic E-state index is -0.429. The first-order valence-electron chi connectivity index (χ1n) is 9.71. The molecule has 6 nitrogen and oxygen atoms in total. The molecule has 1 aliphatic rings. The number of nitrogens with zero attached hydrogens (tertiary/aromatic N) is 3. The van der Waals surface area contributed by atoms with Crippen LogP contribution in [-0.2, 0) is 17.9 Å². The molecular weight excluding hydrogens is 378 g/mol. The van der Waals surface area contributed by atoms with Crippen LogP contribution in [0.3, 0.4) is 0 Å². The van der Waals surface area contributed by atoms with Gasteiger partial charge < -0.3 is 4.90 Å². The molecule has 0 radical (unpaired) electrons. The summed E-state index contributed by atoms with van der Waals surface area (Å²) in [6, 6.07) is 18.2. The second-order valence-electron chi connectivity index (χ2n) is 7.28. The normalized spacial score (nSPS) is 12.8. The van der Waals surface area contributed by atoms with Crippen molar-refractivity contribution in [1.82, 2.24) is 14.8 Å². The van der Waals surface area contributed by atoms with Crippen LogP contribution < -0.4 is 0 Å². The van der Waals surface area contributed by atoms with E-state index < -0.39 is 11.8 Å². The molecule has 2 aromatic carbocycles. The zero-order valence-electron chi connectivity index (χ0n) is 16.6. The van der Waals surface area contributed by atoms with E-state index in [9.17, 15) is 14.4 Å². The topological polar surface area (TPSA) is 70.6 Å². The summed E-state index contributed by atoms with van der Waals surface area (Å²) in [7, 11) is 0. The molecule has 3 amide bonds. The lowest BCUT2D eigenvalue weighted by Gasteiger charge is -2.25. The highest BCUT2D eigenvalue weighted by Crippen LogP contribution is 2.23. The molecule has 0 spiro atoms. The van der Waals surface area contributed by atoms with Crippen LogP contribution in [-0.4, -0.2) is 39.1 Å². The van der Waals surface area contributed by atoms with E-state index >= 15 is 0 Å². The van der Waals surface area contributed by atoms with Crippen molar-refractivity contribution in [2.45, 2.75) is 20.0 Å². The largest absolute Gasteiger partial charge is 0.332 e. The summed E-state index contributed by atoms with van der Waals surface area (Å²) in [5.41, 5.74) is 3.64. The zero-order valence-corrected chi connectivity index (χ0v) is 16.6. The Morgan fingerprint density at radius 1 is 0.900 bits per heavy atom. The Bertz CT molecular complexity index is 1080. The number of imide groups is 1. The van der Waals surface area contributed by atoms with Crippen LogP contribution in [0, 0.1) is 6.92 Å². The summed E-state index contributed by atoms with van der Waals surface area (Å²) in [6.45, 7) is 2.42. The molecule has 6 heteroatoms. The minimum absolute atomic E-state index is 0.293. The summed E-state index contributed by atoms with van der Waals surface area (Å²) >= 11 is 0. The van der Waals surface area contributed by atoms with Gasteiger partial charge in [0.2, 0.25) is 5.91 Å². The van der Waals surface area contributed by atoms with Gasteiger partial charge in [0, 0.05) is 25.5 Å². The van der Waals surface area contributed by atoms with Gasteiger partial charge in [0.1, 0.15) is 6.54 Å². The van der Waals surface area contributed by atoms with Crippen LogP contribution in [0.1, 0.15) is 37.4 Å². The Kier molecular flexibility index (Phi) is 5.39. The van der Waals surface area contributed by atoms with Crippen LogP contribution in [0.2, 0.25) is 0 Å². The number of aryl methyl sites for hydroxylation is 1. The first-order chi connectivity index (χ1) is 14.5. The molecule has 0 atom stereocenters. The predicted octanol–water partition coefficient (Wildman–Crippen LogP) is 3.22. The van der Waals surface area contributed by atoms with Crippen molar-refractivity contribution in [3.8, 4) is 0 Å². The molecule has 2 heterocycles. The summed E-state index contributed by atoms with van der Waals surface area (Å²) in [4.78, 5) is 45.3. The fourth-order valence-electron chi connectivity index (χ4n) is 3.56. The van der Waals surface area contributed by atoms with E-state index in [1.165, 1.54) is 0 Å². The molecule has 30 heavy (non-hydrogen) atoms. The third-order valence-electron chi connectivity index (χ3n) is 5.24. The van der Waals surface area contributed by atoms with E-state index in [4.69, 9.17) is 0 Å². The number of amides is 3. The van der Waals surface area contributed by atoms with Gasteiger partial charge in [-0.2, -0.15) is 0 Å². The fraction of sp³-hybridized carbons (Fsp3) is 0.167.